The van der Waals surface area contributed by atoms with E-state index in [9.17, 15) is 4.79 Å². The molecule has 2 aromatic rings. The van der Waals surface area contributed by atoms with Crippen LogP contribution in [0.2, 0.25) is 0 Å². The predicted octanol–water partition coefficient (Wildman–Crippen LogP) is 3.80. The van der Waals surface area contributed by atoms with E-state index in [1.165, 1.54) is 6.08 Å². The van der Waals surface area contributed by atoms with Gasteiger partial charge in [0.2, 0.25) is 5.91 Å². The van der Waals surface area contributed by atoms with Crippen LogP contribution in [0.1, 0.15) is 18.1 Å². The number of amides is 1. The van der Waals surface area contributed by atoms with Crippen LogP contribution < -0.4 is 10.1 Å². The first kappa shape index (κ1) is 16.3. The first-order valence-corrected chi connectivity index (χ1v) is 7.39. The average Bonchev–Trinajstić information content (AvgIpc) is 2.57. The summed E-state index contributed by atoms with van der Waals surface area (Å²) < 4.78 is 5.37. The average molecular weight is 306 g/mol. The van der Waals surface area contributed by atoms with Crippen molar-refractivity contribution in [1.82, 2.24) is 0 Å². The maximum atomic E-state index is 11.9. The normalized spacial score (nSPS) is 10.3. The molecule has 0 aliphatic rings. The van der Waals surface area contributed by atoms with E-state index in [-0.39, 0.29) is 5.91 Å². The summed E-state index contributed by atoms with van der Waals surface area (Å²) in [4.78, 5) is 11.9. The molecule has 4 heteroatoms. The second kappa shape index (κ2) is 8.40. The van der Waals surface area contributed by atoms with Crippen LogP contribution >= 0.6 is 0 Å². The molecule has 0 radical (unpaired) electrons. The number of rotatable bonds is 6. The van der Waals surface area contributed by atoms with Crippen LogP contribution in [0.15, 0.2) is 54.6 Å². The van der Waals surface area contributed by atoms with Crippen molar-refractivity contribution in [3.8, 4) is 11.8 Å². The Morgan fingerprint density at radius 3 is 2.48 bits per heavy atom. The van der Waals surface area contributed by atoms with E-state index in [0.717, 1.165) is 16.9 Å². The van der Waals surface area contributed by atoms with E-state index in [2.05, 4.69) is 11.4 Å². The Hall–Kier alpha value is -3.06. The van der Waals surface area contributed by atoms with E-state index < -0.39 is 0 Å². The van der Waals surface area contributed by atoms with Crippen molar-refractivity contribution in [2.24, 2.45) is 0 Å². The first-order chi connectivity index (χ1) is 11.2. The minimum atomic E-state index is -0.202. The number of hydrogen-bond donors (Lipinski definition) is 1. The van der Waals surface area contributed by atoms with Gasteiger partial charge in [-0.1, -0.05) is 24.3 Å². The van der Waals surface area contributed by atoms with E-state index in [1.807, 2.05) is 43.3 Å². The summed E-state index contributed by atoms with van der Waals surface area (Å²) in [5.74, 6) is 0.610. The molecule has 0 aromatic heterocycles. The number of anilines is 1. The Labute approximate surface area is 136 Å². The van der Waals surface area contributed by atoms with Gasteiger partial charge in [-0.3, -0.25) is 4.79 Å². The summed E-state index contributed by atoms with van der Waals surface area (Å²) in [5.41, 5.74) is 2.55. The van der Waals surface area contributed by atoms with Crippen molar-refractivity contribution in [1.29, 1.82) is 5.26 Å². The second-order valence-electron chi connectivity index (χ2n) is 4.86. The summed E-state index contributed by atoms with van der Waals surface area (Å²) in [6.07, 6.45) is 3.60. The molecular formula is C19H18N2O2. The molecular weight excluding hydrogens is 288 g/mol. The third kappa shape index (κ3) is 5.33. The van der Waals surface area contributed by atoms with E-state index >= 15 is 0 Å². The fourth-order valence-corrected chi connectivity index (χ4v) is 1.99. The van der Waals surface area contributed by atoms with E-state index in [0.29, 0.717) is 18.7 Å². The molecule has 0 unspecified atom stereocenters. The minimum absolute atomic E-state index is 0.202. The zero-order valence-electron chi connectivity index (χ0n) is 13.0. The molecule has 1 N–H and O–H groups in total. The van der Waals surface area contributed by atoms with Crippen molar-refractivity contribution < 1.29 is 9.53 Å². The highest BCUT2D eigenvalue weighted by Gasteiger charge is 1.99. The van der Waals surface area contributed by atoms with Crippen LogP contribution in [0, 0.1) is 11.3 Å². The second-order valence-corrected chi connectivity index (χ2v) is 4.86. The van der Waals surface area contributed by atoms with E-state index in [1.54, 1.807) is 18.2 Å². The Morgan fingerprint density at radius 2 is 1.87 bits per heavy atom. The molecule has 4 nitrogen and oxygen atoms in total. The highest BCUT2D eigenvalue weighted by atomic mass is 16.5. The molecule has 0 saturated heterocycles. The molecule has 0 atom stereocenters. The van der Waals surface area contributed by atoms with Crippen molar-refractivity contribution in [3.05, 3.63) is 65.7 Å². The van der Waals surface area contributed by atoms with Crippen molar-refractivity contribution >= 4 is 17.7 Å². The van der Waals surface area contributed by atoms with Crippen LogP contribution in [0.25, 0.3) is 6.08 Å². The van der Waals surface area contributed by atoms with E-state index in [4.69, 9.17) is 10.00 Å². The smallest absolute Gasteiger partial charge is 0.248 e. The number of hydrogen-bond acceptors (Lipinski definition) is 3. The SMILES string of the molecule is CCOc1ccc(C=CC(=O)Nc2ccc(CC#N)cc2)cc1. The molecule has 0 fully saturated rings. The summed E-state index contributed by atoms with van der Waals surface area (Å²) >= 11 is 0. The van der Waals surface area contributed by atoms with Gasteiger partial charge in [-0.05, 0) is 48.4 Å². The van der Waals surface area contributed by atoms with Crippen molar-refractivity contribution in [2.75, 3.05) is 11.9 Å². The molecule has 1 amide bonds. The summed E-state index contributed by atoms with van der Waals surface area (Å²) in [5, 5.41) is 11.4. The molecule has 0 aliphatic carbocycles. The zero-order valence-corrected chi connectivity index (χ0v) is 13.0. The van der Waals surface area contributed by atoms with Gasteiger partial charge in [0.05, 0.1) is 19.1 Å². The molecule has 2 aromatic carbocycles. The van der Waals surface area contributed by atoms with Crippen LogP contribution in [0.3, 0.4) is 0 Å². The van der Waals surface area contributed by atoms with Crippen molar-refractivity contribution in [3.63, 3.8) is 0 Å². The summed E-state index contributed by atoms with van der Waals surface area (Å²) in [6, 6.07) is 16.8. The Kier molecular flexibility index (Phi) is 5.96. The number of carbonyl (C=O) groups is 1. The highest BCUT2D eigenvalue weighted by molar-refractivity contribution is 6.01. The summed E-state index contributed by atoms with van der Waals surface area (Å²) in [7, 11) is 0. The monoisotopic (exact) mass is 306 g/mol. The molecule has 0 saturated carbocycles. The lowest BCUT2D eigenvalue weighted by atomic mass is 10.1. The highest BCUT2D eigenvalue weighted by Crippen LogP contribution is 2.13. The lowest BCUT2D eigenvalue weighted by molar-refractivity contribution is -0.111. The van der Waals surface area contributed by atoms with Crippen molar-refractivity contribution in [2.45, 2.75) is 13.3 Å². The van der Waals surface area contributed by atoms with Gasteiger partial charge in [0.1, 0.15) is 5.75 Å². The molecule has 2 rings (SSSR count). The molecule has 0 heterocycles. The topological polar surface area (TPSA) is 62.1 Å². The van der Waals surface area contributed by atoms with Gasteiger partial charge in [0, 0.05) is 11.8 Å². The van der Waals surface area contributed by atoms with Crippen LogP contribution in [0.5, 0.6) is 5.75 Å². The number of nitriles is 1. The molecule has 23 heavy (non-hydrogen) atoms. The third-order valence-electron chi connectivity index (χ3n) is 3.12. The van der Waals surface area contributed by atoms with Gasteiger partial charge in [-0.15, -0.1) is 0 Å². The van der Waals surface area contributed by atoms with Gasteiger partial charge in [-0.2, -0.15) is 5.26 Å². The third-order valence-corrected chi connectivity index (χ3v) is 3.12. The largest absolute Gasteiger partial charge is 0.494 e. The molecule has 0 aliphatic heterocycles. The Balaban J connectivity index is 1.92. The quantitative estimate of drug-likeness (QED) is 0.826. The Morgan fingerprint density at radius 1 is 1.17 bits per heavy atom. The zero-order chi connectivity index (χ0) is 16.5. The maximum absolute atomic E-state index is 11.9. The number of ether oxygens (including phenoxy) is 1. The maximum Gasteiger partial charge on any atom is 0.248 e. The number of benzene rings is 2. The van der Waals surface area contributed by atoms with Crippen LogP contribution in [0.4, 0.5) is 5.69 Å². The fraction of sp³-hybridized carbons (Fsp3) is 0.158. The number of nitrogens with one attached hydrogen (secondary N) is 1. The van der Waals surface area contributed by atoms with Gasteiger partial charge in [0.15, 0.2) is 0 Å². The lowest BCUT2D eigenvalue weighted by Gasteiger charge is -2.03. The summed E-state index contributed by atoms with van der Waals surface area (Å²) in [6.45, 7) is 2.57. The number of nitrogens with zero attached hydrogens (tertiary/aromatic N) is 1. The first-order valence-electron chi connectivity index (χ1n) is 7.39. The van der Waals surface area contributed by atoms with Gasteiger partial charge in [-0.25, -0.2) is 0 Å². The fourth-order valence-electron chi connectivity index (χ4n) is 1.99. The minimum Gasteiger partial charge on any atom is -0.494 e. The molecule has 116 valence electrons. The lowest BCUT2D eigenvalue weighted by Crippen LogP contribution is -2.07. The Bertz CT molecular complexity index is 711. The van der Waals surface area contributed by atoms with Crippen LogP contribution in [-0.4, -0.2) is 12.5 Å². The van der Waals surface area contributed by atoms with Gasteiger partial charge < -0.3 is 10.1 Å². The molecule has 0 bridgehead atoms. The van der Waals surface area contributed by atoms with Gasteiger partial charge in [0.25, 0.3) is 0 Å². The number of carbonyl (C=O) groups excluding carboxylic acids is 1. The van der Waals surface area contributed by atoms with Crippen LogP contribution in [-0.2, 0) is 11.2 Å². The van der Waals surface area contributed by atoms with Gasteiger partial charge >= 0.3 is 0 Å². The molecule has 0 spiro atoms. The standard InChI is InChI=1S/C19H18N2O2/c1-2-23-18-10-5-15(6-11-18)7-12-19(22)21-17-8-3-16(4-9-17)13-14-20/h3-12H,2,13H2,1H3,(H,21,22). The predicted molar refractivity (Wildman–Crippen MR) is 91.0 cm³/mol.